The Bertz CT molecular complexity index is 251. The molecule has 3 rings (SSSR count). The van der Waals surface area contributed by atoms with E-state index in [1.54, 1.807) is 0 Å². The summed E-state index contributed by atoms with van der Waals surface area (Å²) in [6.45, 7) is 3.94. The summed E-state index contributed by atoms with van der Waals surface area (Å²) < 4.78 is 0. The highest BCUT2D eigenvalue weighted by molar-refractivity contribution is 5.15. The molecule has 2 bridgehead atoms. The summed E-state index contributed by atoms with van der Waals surface area (Å²) in [5.74, 6) is 4.80. The summed E-state index contributed by atoms with van der Waals surface area (Å²) in [6, 6.07) is 0. The van der Waals surface area contributed by atoms with E-state index in [2.05, 4.69) is 24.8 Å². The van der Waals surface area contributed by atoms with E-state index >= 15 is 0 Å². The summed E-state index contributed by atoms with van der Waals surface area (Å²) in [7, 11) is 0. The van der Waals surface area contributed by atoms with Crippen LogP contribution in [0.4, 0.5) is 0 Å². The lowest BCUT2D eigenvalue weighted by atomic mass is 9.69. The highest BCUT2D eigenvalue weighted by Gasteiger charge is 2.46. The zero-order chi connectivity index (χ0) is 8.84. The first kappa shape index (κ1) is 7.84. The smallest absolute Gasteiger partial charge is 0.0196 e. The fourth-order valence-corrected chi connectivity index (χ4v) is 3.89. The lowest BCUT2D eigenvalue weighted by Gasteiger charge is -2.35. The van der Waals surface area contributed by atoms with Crippen molar-refractivity contribution in [3.8, 4) is 0 Å². The molecule has 0 nitrogen and oxygen atoms in total. The van der Waals surface area contributed by atoms with Gasteiger partial charge in [-0.3, -0.25) is 0 Å². The molecule has 0 aliphatic heterocycles. The average molecular weight is 174 g/mol. The highest BCUT2D eigenvalue weighted by atomic mass is 14.5. The predicted octanol–water partition coefficient (Wildman–Crippen LogP) is 3.41. The third-order valence-electron chi connectivity index (χ3n) is 4.58. The molecule has 3 aliphatic rings. The minimum absolute atomic E-state index is 0.828. The van der Waals surface area contributed by atoms with Crippen LogP contribution in [0.2, 0.25) is 0 Å². The maximum Gasteiger partial charge on any atom is -0.0196 e. The van der Waals surface area contributed by atoms with Gasteiger partial charge in [0.25, 0.3) is 0 Å². The molecule has 0 heteroatoms. The van der Waals surface area contributed by atoms with Gasteiger partial charge in [-0.15, -0.1) is 6.58 Å². The Labute approximate surface area is 80.7 Å². The maximum absolute atomic E-state index is 3.94. The zero-order valence-corrected chi connectivity index (χ0v) is 8.15. The summed E-state index contributed by atoms with van der Waals surface area (Å²) in [5.41, 5.74) is 0. The van der Waals surface area contributed by atoms with Gasteiger partial charge in [0.05, 0.1) is 0 Å². The molecule has 0 saturated heterocycles. The monoisotopic (exact) mass is 174 g/mol. The van der Waals surface area contributed by atoms with Crippen LogP contribution in [-0.2, 0) is 0 Å². The Hall–Kier alpha value is -0.520. The van der Waals surface area contributed by atoms with Gasteiger partial charge < -0.3 is 0 Å². The van der Waals surface area contributed by atoms with E-state index in [9.17, 15) is 0 Å². The second kappa shape index (κ2) is 2.73. The van der Waals surface area contributed by atoms with Gasteiger partial charge in [-0.1, -0.05) is 18.2 Å². The summed E-state index contributed by atoms with van der Waals surface area (Å²) in [4.78, 5) is 0. The van der Waals surface area contributed by atoms with Crippen molar-refractivity contribution in [1.82, 2.24) is 0 Å². The van der Waals surface area contributed by atoms with Crippen LogP contribution in [0.25, 0.3) is 0 Å². The van der Waals surface area contributed by atoms with E-state index < -0.39 is 0 Å². The molecule has 2 fully saturated rings. The van der Waals surface area contributed by atoms with Gasteiger partial charge in [0.15, 0.2) is 0 Å². The van der Waals surface area contributed by atoms with Crippen molar-refractivity contribution in [1.29, 1.82) is 0 Å². The van der Waals surface area contributed by atoms with Crippen LogP contribution in [0, 0.1) is 29.6 Å². The van der Waals surface area contributed by atoms with Crippen molar-refractivity contribution in [3.05, 3.63) is 24.8 Å². The molecular formula is C13H18. The van der Waals surface area contributed by atoms with Gasteiger partial charge in [-0.25, -0.2) is 0 Å². The van der Waals surface area contributed by atoms with E-state index in [0.29, 0.717) is 0 Å². The number of hydrogen-bond acceptors (Lipinski definition) is 0. The third kappa shape index (κ3) is 1.04. The van der Waals surface area contributed by atoms with Crippen molar-refractivity contribution in [2.45, 2.75) is 25.7 Å². The summed E-state index contributed by atoms with van der Waals surface area (Å²) >= 11 is 0. The van der Waals surface area contributed by atoms with Gasteiger partial charge in [-0.05, 0) is 55.3 Å². The molecule has 2 saturated carbocycles. The Kier molecular flexibility index (Phi) is 1.65. The van der Waals surface area contributed by atoms with Gasteiger partial charge in [-0.2, -0.15) is 0 Å². The molecular weight excluding hydrogens is 156 g/mol. The maximum atomic E-state index is 3.94. The molecule has 0 heterocycles. The Morgan fingerprint density at radius 1 is 1.00 bits per heavy atom. The molecule has 0 aromatic heterocycles. The van der Waals surface area contributed by atoms with Crippen LogP contribution in [0.5, 0.6) is 0 Å². The number of rotatable bonds is 1. The lowest BCUT2D eigenvalue weighted by molar-refractivity contribution is 0.189. The van der Waals surface area contributed by atoms with Crippen molar-refractivity contribution in [2.75, 3.05) is 0 Å². The van der Waals surface area contributed by atoms with Crippen LogP contribution < -0.4 is 0 Å². The molecule has 0 aromatic carbocycles. The number of hydrogen-bond donors (Lipinski definition) is 0. The lowest BCUT2D eigenvalue weighted by Crippen LogP contribution is -2.27. The second-order valence-electron chi connectivity index (χ2n) is 5.08. The van der Waals surface area contributed by atoms with Gasteiger partial charge in [0, 0.05) is 0 Å². The molecule has 5 atom stereocenters. The molecule has 5 unspecified atom stereocenters. The SMILES string of the molecule is C=CC1CCC2C3C=CC(C3)C2C1. The van der Waals surface area contributed by atoms with E-state index in [1.165, 1.54) is 25.7 Å². The zero-order valence-electron chi connectivity index (χ0n) is 8.15. The summed E-state index contributed by atoms with van der Waals surface area (Å²) in [5, 5.41) is 0. The van der Waals surface area contributed by atoms with Crippen LogP contribution >= 0.6 is 0 Å². The van der Waals surface area contributed by atoms with Crippen LogP contribution in [0.1, 0.15) is 25.7 Å². The summed E-state index contributed by atoms with van der Waals surface area (Å²) in [6.07, 6.45) is 12.9. The molecule has 0 amide bonds. The molecule has 0 N–H and O–H groups in total. The first-order valence-electron chi connectivity index (χ1n) is 5.69. The number of fused-ring (bicyclic) bond motifs is 5. The first-order valence-corrected chi connectivity index (χ1v) is 5.69. The molecule has 3 aliphatic carbocycles. The van der Waals surface area contributed by atoms with E-state index in [4.69, 9.17) is 0 Å². The quantitative estimate of drug-likeness (QED) is 0.534. The van der Waals surface area contributed by atoms with E-state index in [-0.39, 0.29) is 0 Å². The predicted molar refractivity (Wildman–Crippen MR) is 55.3 cm³/mol. The van der Waals surface area contributed by atoms with Crippen molar-refractivity contribution in [3.63, 3.8) is 0 Å². The fraction of sp³-hybridized carbons (Fsp3) is 0.692. The topological polar surface area (TPSA) is 0 Å². The minimum Gasteiger partial charge on any atom is -0.103 e. The molecule has 13 heavy (non-hydrogen) atoms. The van der Waals surface area contributed by atoms with E-state index in [0.717, 1.165) is 29.6 Å². The third-order valence-corrected chi connectivity index (χ3v) is 4.58. The average Bonchev–Trinajstić information content (AvgIpc) is 2.77. The van der Waals surface area contributed by atoms with E-state index in [1.807, 2.05) is 0 Å². The highest BCUT2D eigenvalue weighted by Crippen LogP contribution is 2.55. The number of allylic oxidation sites excluding steroid dienone is 3. The first-order chi connectivity index (χ1) is 6.38. The largest absolute Gasteiger partial charge is 0.103 e. The Balaban J connectivity index is 1.81. The normalized spacial score (nSPS) is 52.2. The molecule has 0 spiro atoms. The molecule has 0 radical (unpaired) electrons. The van der Waals surface area contributed by atoms with Crippen LogP contribution in [0.15, 0.2) is 24.8 Å². The van der Waals surface area contributed by atoms with Gasteiger partial charge >= 0.3 is 0 Å². The van der Waals surface area contributed by atoms with Crippen molar-refractivity contribution < 1.29 is 0 Å². The van der Waals surface area contributed by atoms with Crippen LogP contribution in [-0.4, -0.2) is 0 Å². The van der Waals surface area contributed by atoms with Gasteiger partial charge in [0.2, 0.25) is 0 Å². The van der Waals surface area contributed by atoms with Gasteiger partial charge in [0.1, 0.15) is 0 Å². The Morgan fingerprint density at radius 2 is 1.77 bits per heavy atom. The van der Waals surface area contributed by atoms with Crippen molar-refractivity contribution >= 4 is 0 Å². The van der Waals surface area contributed by atoms with Crippen LogP contribution in [0.3, 0.4) is 0 Å². The Morgan fingerprint density at radius 3 is 2.54 bits per heavy atom. The molecule has 0 aromatic rings. The second-order valence-corrected chi connectivity index (χ2v) is 5.08. The standard InChI is InChI=1S/C13H18/c1-2-9-3-6-12-10-4-5-11(8-10)13(12)7-9/h2,4-5,9-13H,1,3,6-8H2. The fourth-order valence-electron chi connectivity index (χ4n) is 3.89. The van der Waals surface area contributed by atoms with Crippen molar-refractivity contribution in [2.24, 2.45) is 29.6 Å². The molecule has 70 valence electrons. The minimum atomic E-state index is 0.828.